The first-order valence-electron chi connectivity index (χ1n) is 9.37. The predicted molar refractivity (Wildman–Crippen MR) is 111 cm³/mol. The molecule has 2 aromatic rings. The van der Waals surface area contributed by atoms with Crippen LogP contribution in [0.4, 0.5) is 24.5 Å². The van der Waals surface area contributed by atoms with E-state index in [1.165, 1.54) is 12.1 Å². The molecule has 31 heavy (non-hydrogen) atoms. The average Bonchev–Trinajstić information content (AvgIpc) is 3.22. The fourth-order valence-electron chi connectivity index (χ4n) is 3.86. The van der Waals surface area contributed by atoms with E-state index in [9.17, 15) is 22.8 Å². The summed E-state index contributed by atoms with van der Waals surface area (Å²) in [5, 5.41) is 11.7. The Morgan fingerprint density at radius 3 is 2.68 bits per heavy atom. The first-order chi connectivity index (χ1) is 14.7. The molecule has 1 unspecified atom stereocenters. The van der Waals surface area contributed by atoms with Gasteiger partial charge in [0, 0.05) is 24.2 Å². The quantitative estimate of drug-likeness (QED) is 0.735. The highest BCUT2D eigenvalue weighted by Crippen LogP contribution is 2.41. The number of fused-ring (bicyclic) bond motifs is 3. The van der Waals surface area contributed by atoms with Crippen molar-refractivity contribution >= 4 is 40.5 Å². The van der Waals surface area contributed by atoms with Crippen molar-refractivity contribution in [2.45, 2.75) is 25.6 Å². The Bertz CT molecular complexity index is 1170. The minimum atomic E-state index is -4.75. The third kappa shape index (κ3) is 3.31. The highest BCUT2D eigenvalue weighted by molar-refractivity contribution is 7.81. The van der Waals surface area contributed by atoms with Gasteiger partial charge in [0.2, 0.25) is 0 Å². The van der Waals surface area contributed by atoms with Crippen LogP contribution in [0, 0.1) is 11.3 Å². The molecule has 0 aromatic heterocycles. The molecule has 0 aliphatic carbocycles. The van der Waals surface area contributed by atoms with E-state index in [1.807, 2.05) is 0 Å². The lowest BCUT2D eigenvalue weighted by Crippen LogP contribution is -2.33. The zero-order valence-corrected chi connectivity index (χ0v) is 17.0. The van der Waals surface area contributed by atoms with Gasteiger partial charge in [-0.1, -0.05) is 6.07 Å². The number of benzene rings is 2. The largest absolute Gasteiger partial charge is 0.417 e. The van der Waals surface area contributed by atoms with Crippen LogP contribution in [0.1, 0.15) is 34.0 Å². The van der Waals surface area contributed by atoms with E-state index >= 15 is 0 Å². The smallest absolute Gasteiger partial charge is 0.352 e. The van der Waals surface area contributed by atoms with Gasteiger partial charge in [-0.25, -0.2) is 0 Å². The second-order valence-corrected chi connectivity index (χ2v) is 7.45. The molecule has 0 spiro atoms. The number of hydrogen-bond donors (Lipinski definition) is 1. The molecule has 0 radical (unpaired) electrons. The van der Waals surface area contributed by atoms with Crippen LogP contribution in [0.3, 0.4) is 0 Å². The van der Waals surface area contributed by atoms with Gasteiger partial charge in [-0.2, -0.15) is 18.4 Å². The van der Waals surface area contributed by atoms with Crippen LogP contribution in [0.5, 0.6) is 0 Å². The molecule has 4 rings (SSSR count). The number of carbonyl (C=O) groups excluding carboxylic acids is 2. The zero-order valence-electron chi connectivity index (χ0n) is 16.2. The average molecular weight is 444 g/mol. The monoisotopic (exact) mass is 444 g/mol. The van der Waals surface area contributed by atoms with Crippen LogP contribution in [0.2, 0.25) is 0 Å². The van der Waals surface area contributed by atoms with Crippen molar-refractivity contribution in [2.24, 2.45) is 0 Å². The van der Waals surface area contributed by atoms with Crippen molar-refractivity contribution in [1.29, 1.82) is 5.26 Å². The van der Waals surface area contributed by atoms with E-state index in [4.69, 9.17) is 17.5 Å². The summed E-state index contributed by atoms with van der Waals surface area (Å²) in [5.41, 5.74) is 0.0775. The van der Waals surface area contributed by atoms with Crippen molar-refractivity contribution < 1.29 is 22.8 Å². The molecule has 10 heteroatoms. The highest BCUT2D eigenvalue weighted by atomic mass is 32.1. The molecule has 0 saturated carbocycles. The second kappa shape index (κ2) is 7.35. The van der Waals surface area contributed by atoms with Crippen molar-refractivity contribution in [1.82, 2.24) is 5.32 Å². The van der Waals surface area contributed by atoms with E-state index in [1.54, 1.807) is 30.0 Å². The number of amides is 2. The number of anilines is 2. The maximum atomic E-state index is 13.4. The van der Waals surface area contributed by atoms with Crippen LogP contribution in [0.25, 0.3) is 0 Å². The summed E-state index contributed by atoms with van der Waals surface area (Å²) in [6, 6.07) is 8.92. The van der Waals surface area contributed by atoms with Gasteiger partial charge in [0.25, 0.3) is 11.8 Å². The Kier molecular flexibility index (Phi) is 4.94. The van der Waals surface area contributed by atoms with Gasteiger partial charge < -0.3 is 10.2 Å². The first-order valence-corrected chi connectivity index (χ1v) is 9.77. The number of nitrogens with zero attached hydrogens (tertiary/aromatic N) is 3. The first kappa shape index (κ1) is 20.8. The Hall–Kier alpha value is -3.45. The lowest BCUT2D eigenvalue weighted by atomic mass is 10.0. The Balaban J connectivity index is 1.73. The molecular weight excluding hydrogens is 429 g/mol. The number of nitrogens with one attached hydrogen (secondary N) is 1. The minimum Gasteiger partial charge on any atom is -0.352 e. The highest BCUT2D eigenvalue weighted by Gasteiger charge is 2.49. The molecule has 2 aliphatic rings. The minimum absolute atomic E-state index is 0.0274. The Morgan fingerprint density at radius 1 is 1.29 bits per heavy atom. The van der Waals surface area contributed by atoms with Gasteiger partial charge >= 0.3 is 6.18 Å². The lowest BCUT2D eigenvalue weighted by molar-refractivity contribution is -0.137. The van der Waals surface area contributed by atoms with Crippen LogP contribution in [-0.2, 0) is 17.4 Å². The fourth-order valence-corrected chi connectivity index (χ4v) is 4.28. The summed E-state index contributed by atoms with van der Waals surface area (Å²) in [5.74, 6) is -0.734. The SMILES string of the molecule is CCNC(=O)c1ccc2c(c1)N1C(=S)N(c3ccc(C#N)c(C(F)(F)F)c3)C(=O)C1C2. The molecule has 2 aromatic carbocycles. The van der Waals surface area contributed by atoms with E-state index in [0.717, 1.165) is 22.6 Å². The fraction of sp³-hybridized carbons (Fsp3) is 0.238. The lowest BCUT2D eigenvalue weighted by Gasteiger charge is -2.21. The summed E-state index contributed by atoms with van der Waals surface area (Å²) in [6.45, 7) is 2.24. The molecule has 1 atom stereocenters. The molecule has 2 heterocycles. The maximum Gasteiger partial charge on any atom is 0.417 e. The van der Waals surface area contributed by atoms with Gasteiger partial charge in [0.1, 0.15) is 6.04 Å². The number of hydrogen-bond acceptors (Lipinski definition) is 4. The van der Waals surface area contributed by atoms with Crippen molar-refractivity contribution in [3.8, 4) is 6.07 Å². The number of carbonyl (C=O) groups is 2. The Labute approximate surface area is 180 Å². The van der Waals surface area contributed by atoms with Gasteiger partial charge in [0.15, 0.2) is 5.11 Å². The summed E-state index contributed by atoms with van der Waals surface area (Å²) < 4.78 is 40.1. The van der Waals surface area contributed by atoms with E-state index in [0.29, 0.717) is 24.2 Å². The van der Waals surface area contributed by atoms with Crippen molar-refractivity contribution in [3.63, 3.8) is 0 Å². The van der Waals surface area contributed by atoms with Gasteiger partial charge in [-0.15, -0.1) is 0 Å². The summed E-state index contributed by atoms with van der Waals surface area (Å²) in [4.78, 5) is 27.9. The van der Waals surface area contributed by atoms with E-state index in [2.05, 4.69) is 5.32 Å². The molecule has 1 fully saturated rings. The molecular formula is C21H15F3N4O2S. The predicted octanol–water partition coefficient (Wildman–Crippen LogP) is 3.39. The summed E-state index contributed by atoms with van der Waals surface area (Å²) in [6.07, 6.45) is -4.43. The zero-order chi connectivity index (χ0) is 22.5. The van der Waals surface area contributed by atoms with Crippen LogP contribution in [0.15, 0.2) is 36.4 Å². The molecule has 2 aliphatic heterocycles. The third-order valence-electron chi connectivity index (χ3n) is 5.26. The Morgan fingerprint density at radius 2 is 2.03 bits per heavy atom. The topological polar surface area (TPSA) is 76.4 Å². The van der Waals surface area contributed by atoms with E-state index < -0.39 is 29.3 Å². The molecule has 1 N–H and O–H groups in total. The molecule has 6 nitrogen and oxygen atoms in total. The second-order valence-electron chi connectivity index (χ2n) is 7.09. The van der Waals surface area contributed by atoms with Gasteiger partial charge in [0.05, 0.1) is 22.9 Å². The van der Waals surface area contributed by atoms with Gasteiger partial charge in [-0.3, -0.25) is 14.5 Å². The number of rotatable bonds is 3. The van der Waals surface area contributed by atoms with Crippen LogP contribution < -0.4 is 15.1 Å². The normalized spacial score (nSPS) is 17.5. The molecule has 0 bridgehead atoms. The maximum absolute atomic E-state index is 13.4. The molecule has 1 saturated heterocycles. The van der Waals surface area contributed by atoms with E-state index in [-0.39, 0.29) is 16.7 Å². The van der Waals surface area contributed by atoms with Crippen molar-refractivity contribution in [3.05, 3.63) is 58.7 Å². The molecule has 2 amide bonds. The standard InChI is InChI=1S/C21H15F3N4O2S/c1-2-26-18(29)12-4-3-11-7-17-19(30)27(20(31)28(17)16(11)8-12)14-6-5-13(10-25)15(9-14)21(22,23)24/h3-6,8-9,17H,2,7H2,1H3,(H,26,29). The summed E-state index contributed by atoms with van der Waals surface area (Å²) in [7, 11) is 0. The van der Waals surface area contributed by atoms with Gasteiger partial charge in [-0.05, 0) is 55.0 Å². The van der Waals surface area contributed by atoms with Crippen LogP contribution in [-0.4, -0.2) is 29.5 Å². The number of alkyl halides is 3. The molecule has 158 valence electrons. The third-order valence-corrected chi connectivity index (χ3v) is 5.64. The van der Waals surface area contributed by atoms with Crippen molar-refractivity contribution in [2.75, 3.05) is 16.3 Å². The number of halogens is 3. The number of nitriles is 1. The summed E-state index contributed by atoms with van der Waals surface area (Å²) >= 11 is 5.46. The number of thiocarbonyl (C=S) groups is 1. The van der Waals surface area contributed by atoms with Crippen LogP contribution >= 0.6 is 12.2 Å².